The first-order chi connectivity index (χ1) is 22.6. The predicted molar refractivity (Wildman–Crippen MR) is 196 cm³/mol. The minimum Gasteiger partial charge on any atom is -0.462 e. The molecule has 0 saturated heterocycles. The lowest BCUT2D eigenvalue weighted by atomic mass is 10.1. The molecule has 0 aromatic rings. The molecule has 260 valence electrons. The summed E-state index contributed by atoms with van der Waals surface area (Å²) in [6.45, 7) is 3.91. The molecule has 0 fully saturated rings. The van der Waals surface area contributed by atoms with Gasteiger partial charge in [0.05, 0.1) is 6.61 Å². The Labute approximate surface area is 282 Å². The molecule has 46 heavy (non-hydrogen) atoms. The minimum absolute atomic E-state index is 0.102. The van der Waals surface area contributed by atoms with E-state index in [0.29, 0.717) is 12.8 Å². The second kappa shape index (κ2) is 36.5. The molecular weight excluding hydrogens is 572 g/mol. The van der Waals surface area contributed by atoms with Crippen LogP contribution in [0, 0.1) is 0 Å². The number of rotatable bonds is 31. The Bertz CT molecular complexity index is 906. The Morgan fingerprint density at radius 3 is 1.48 bits per heavy atom. The molecular formula is C41H66O5. The van der Waals surface area contributed by atoms with Crippen molar-refractivity contribution in [2.45, 2.75) is 148 Å². The Kier molecular flexibility index (Phi) is 34.2. The standard InChI is InChI=1S/C41H66O5/c1-3-5-7-9-11-13-15-17-19-20-22-24-26-28-30-32-34-36-41(44)46-39(37-42)38-45-40(43)35-33-31-29-27-25-23-21-18-16-14-12-10-8-6-4-2/h6,8,11-14,17-19,21-22,24,28,30,39,42H,3-5,7,9-10,15-16,20,23,25-27,29,31-38H2,1-2H3/t39-/m0/s1. The number of hydrogen-bond acceptors (Lipinski definition) is 5. The van der Waals surface area contributed by atoms with Crippen LogP contribution >= 0.6 is 0 Å². The van der Waals surface area contributed by atoms with Crippen molar-refractivity contribution >= 4 is 11.9 Å². The molecule has 0 aliphatic carbocycles. The number of hydrogen-bond donors (Lipinski definition) is 1. The number of aliphatic hydroxyl groups is 1. The van der Waals surface area contributed by atoms with E-state index in [9.17, 15) is 14.7 Å². The van der Waals surface area contributed by atoms with Gasteiger partial charge in [-0.25, -0.2) is 0 Å². The van der Waals surface area contributed by atoms with Crippen LogP contribution in [0.4, 0.5) is 0 Å². The Balaban J connectivity index is 3.74. The van der Waals surface area contributed by atoms with Gasteiger partial charge in [0.25, 0.3) is 0 Å². The monoisotopic (exact) mass is 638 g/mol. The zero-order chi connectivity index (χ0) is 33.6. The van der Waals surface area contributed by atoms with E-state index in [-0.39, 0.29) is 31.6 Å². The molecule has 5 nitrogen and oxygen atoms in total. The number of aliphatic hydroxyl groups excluding tert-OH is 1. The SMILES string of the molecule is CCC=CCC=CCC=CCCCCCCCC(=O)OC[C@H](CO)OC(=O)CCCC=CCC=CCC=CCC=CCCCCC. The molecule has 0 saturated carbocycles. The molecule has 1 N–H and O–H groups in total. The zero-order valence-corrected chi connectivity index (χ0v) is 29.3. The summed E-state index contributed by atoms with van der Waals surface area (Å²) in [5, 5.41) is 9.52. The number of carbonyl (C=O) groups excluding carboxylic acids is 2. The third kappa shape index (κ3) is 34.0. The number of unbranched alkanes of at least 4 members (excludes halogenated alkanes) is 9. The van der Waals surface area contributed by atoms with E-state index < -0.39 is 6.10 Å². The van der Waals surface area contributed by atoms with Gasteiger partial charge < -0.3 is 14.6 Å². The van der Waals surface area contributed by atoms with E-state index in [0.717, 1.165) is 83.5 Å². The van der Waals surface area contributed by atoms with Gasteiger partial charge in [0, 0.05) is 12.8 Å². The van der Waals surface area contributed by atoms with E-state index in [1.165, 1.54) is 25.7 Å². The van der Waals surface area contributed by atoms with Gasteiger partial charge in [-0.05, 0) is 83.5 Å². The van der Waals surface area contributed by atoms with Crippen LogP contribution in [0.2, 0.25) is 0 Å². The minimum atomic E-state index is -0.811. The highest BCUT2D eigenvalue weighted by atomic mass is 16.6. The summed E-state index contributed by atoms with van der Waals surface area (Å²) < 4.78 is 10.5. The number of ether oxygens (including phenoxy) is 2. The Morgan fingerprint density at radius 1 is 0.522 bits per heavy atom. The summed E-state index contributed by atoms with van der Waals surface area (Å²) in [5.74, 6) is -0.687. The quantitative estimate of drug-likeness (QED) is 0.0465. The van der Waals surface area contributed by atoms with Gasteiger partial charge >= 0.3 is 11.9 Å². The molecule has 0 amide bonds. The first-order valence-corrected chi connectivity index (χ1v) is 18.1. The van der Waals surface area contributed by atoms with Gasteiger partial charge in [-0.1, -0.05) is 131 Å². The van der Waals surface area contributed by atoms with Gasteiger partial charge in [-0.2, -0.15) is 0 Å². The molecule has 0 aromatic carbocycles. The van der Waals surface area contributed by atoms with Gasteiger partial charge in [0.15, 0.2) is 6.10 Å². The van der Waals surface area contributed by atoms with Crippen LogP contribution in [0.15, 0.2) is 85.1 Å². The highest BCUT2D eigenvalue weighted by molar-refractivity contribution is 5.70. The second-order valence-corrected chi connectivity index (χ2v) is 11.6. The molecule has 1 atom stereocenters. The summed E-state index contributed by atoms with van der Waals surface area (Å²) >= 11 is 0. The van der Waals surface area contributed by atoms with Crippen molar-refractivity contribution in [2.24, 2.45) is 0 Å². The van der Waals surface area contributed by atoms with Crippen molar-refractivity contribution in [3.8, 4) is 0 Å². The topological polar surface area (TPSA) is 72.8 Å². The predicted octanol–water partition coefficient (Wildman–Crippen LogP) is 11.2. The molecule has 0 aliphatic heterocycles. The summed E-state index contributed by atoms with van der Waals surface area (Å²) in [7, 11) is 0. The molecule has 5 heteroatoms. The zero-order valence-electron chi connectivity index (χ0n) is 29.3. The van der Waals surface area contributed by atoms with E-state index in [1.807, 2.05) is 0 Å². The second-order valence-electron chi connectivity index (χ2n) is 11.6. The van der Waals surface area contributed by atoms with Crippen LogP contribution in [0.25, 0.3) is 0 Å². The van der Waals surface area contributed by atoms with Crippen LogP contribution in [0.5, 0.6) is 0 Å². The average molecular weight is 639 g/mol. The van der Waals surface area contributed by atoms with Crippen molar-refractivity contribution in [3.63, 3.8) is 0 Å². The molecule has 0 rings (SSSR count). The number of carbonyl (C=O) groups is 2. The Morgan fingerprint density at radius 2 is 0.957 bits per heavy atom. The van der Waals surface area contributed by atoms with Crippen LogP contribution in [-0.2, 0) is 19.1 Å². The largest absolute Gasteiger partial charge is 0.462 e. The summed E-state index contributed by atoms with van der Waals surface area (Å²) in [5.41, 5.74) is 0. The van der Waals surface area contributed by atoms with Gasteiger partial charge in [-0.3, -0.25) is 9.59 Å². The lowest BCUT2D eigenvalue weighted by Crippen LogP contribution is -2.28. The normalized spacial score (nSPS) is 13.2. The van der Waals surface area contributed by atoms with Gasteiger partial charge in [0.1, 0.15) is 6.61 Å². The lowest BCUT2D eigenvalue weighted by Gasteiger charge is -2.15. The van der Waals surface area contributed by atoms with Crippen molar-refractivity contribution in [1.82, 2.24) is 0 Å². The molecule has 0 radical (unpaired) electrons. The summed E-state index contributed by atoms with van der Waals surface area (Å²) in [4.78, 5) is 24.2. The summed E-state index contributed by atoms with van der Waals surface area (Å²) in [6, 6.07) is 0. The maximum atomic E-state index is 12.1. The number of allylic oxidation sites excluding steroid dienone is 14. The van der Waals surface area contributed by atoms with Crippen molar-refractivity contribution in [2.75, 3.05) is 13.2 Å². The van der Waals surface area contributed by atoms with Crippen LogP contribution in [-0.4, -0.2) is 36.4 Å². The van der Waals surface area contributed by atoms with Crippen LogP contribution in [0.3, 0.4) is 0 Å². The molecule has 0 heterocycles. The van der Waals surface area contributed by atoms with Crippen LogP contribution in [0.1, 0.15) is 142 Å². The highest BCUT2D eigenvalue weighted by Crippen LogP contribution is 2.09. The summed E-state index contributed by atoms with van der Waals surface area (Å²) in [6.07, 6.45) is 49.2. The smallest absolute Gasteiger partial charge is 0.306 e. The van der Waals surface area contributed by atoms with E-state index in [4.69, 9.17) is 9.47 Å². The van der Waals surface area contributed by atoms with E-state index in [1.54, 1.807) is 0 Å². The third-order valence-electron chi connectivity index (χ3n) is 7.17. The van der Waals surface area contributed by atoms with E-state index in [2.05, 4.69) is 98.9 Å². The third-order valence-corrected chi connectivity index (χ3v) is 7.17. The maximum absolute atomic E-state index is 12.1. The molecule has 0 unspecified atom stereocenters. The highest BCUT2D eigenvalue weighted by Gasteiger charge is 2.15. The van der Waals surface area contributed by atoms with E-state index >= 15 is 0 Å². The molecule has 0 aliphatic rings. The number of esters is 2. The van der Waals surface area contributed by atoms with Gasteiger partial charge in [-0.15, -0.1) is 0 Å². The average Bonchev–Trinajstić information content (AvgIpc) is 3.06. The fraction of sp³-hybridized carbons (Fsp3) is 0.610. The van der Waals surface area contributed by atoms with Crippen LogP contribution < -0.4 is 0 Å². The molecule has 0 spiro atoms. The lowest BCUT2D eigenvalue weighted by molar-refractivity contribution is -0.161. The van der Waals surface area contributed by atoms with Crippen molar-refractivity contribution in [1.29, 1.82) is 0 Å². The van der Waals surface area contributed by atoms with Gasteiger partial charge in [0.2, 0.25) is 0 Å². The fourth-order valence-corrected chi connectivity index (χ4v) is 4.44. The van der Waals surface area contributed by atoms with Crippen molar-refractivity contribution in [3.05, 3.63) is 85.1 Å². The first kappa shape index (κ1) is 43.1. The van der Waals surface area contributed by atoms with Crippen molar-refractivity contribution < 1.29 is 24.2 Å². The first-order valence-electron chi connectivity index (χ1n) is 18.1. The molecule has 0 bridgehead atoms. The maximum Gasteiger partial charge on any atom is 0.306 e. The fourth-order valence-electron chi connectivity index (χ4n) is 4.44. The molecule has 0 aromatic heterocycles. The Hall–Kier alpha value is -2.92.